The summed E-state index contributed by atoms with van der Waals surface area (Å²) in [6.07, 6.45) is 0. The van der Waals surface area contributed by atoms with Gasteiger partial charge in [0.05, 0.1) is 5.02 Å². The lowest BCUT2D eigenvalue weighted by Crippen LogP contribution is -2.32. The van der Waals surface area contributed by atoms with Crippen molar-refractivity contribution in [2.75, 3.05) is 13.1 Å². The van der Waals surface area contributed by atoms with Crippen molar-refractivity contribution in [3.8, 4) is 0 Å². The van der Waals surface area contributed by atoms with Gasteiger partial charge < -0.3 is 4.90 Å². The van der Waals surface area contributed by atoms with Crippen molar-refractivity contribution in [2.45, 2.75) is 13.8 Å². The van der Waals surface area contributed by atoms with Crippen LogP contribution in [0, 0.1) is 3.57 Å². The lowest BCUT2D eigenvalue weighted by molar-refractivity contribution is 0.0778. The molecule has 4 heteroatoms. The zero-order valence-electron chi connectivity index (χ0n) is 9.96. The number of carbonyl (C=O) groups is 1. The van der Waals surface area contributed by atoms with E-state index in [2.05, 4.69) is 29.2 Å². The summed E-state index contributed by atoms with van der Waals surface area (Å²) in [6.45, 7) is 8.94. The maximum Gasteiger partial charge on any atom is 0.254 e. The minimum Gasteiger partial charge on any atom is -0.335 e. The molecule has 0 aliphatic carbocycles. The first-order valence-electron chi connectivity index (χ1n) is 5.34. The third-order valence-corrected chi connectivity index (χ3v) is 3.87. The van der Waals surface area contributed by atoms with Gasteiger partial charge in [0.1, 0.15) is 0 Å². The van der Waals surface area contributed by atoms with Gasteiger partial charge in [-0.2, -0.15) is 0 Å². The van der Waals surface area contributed by atoms with E-state index in [1.54, 1.807) is 17.0 Å². The van der Waals surface area contributed by atoms with Crippen LogP contribution < -0.4 is 0 Å². The Bertz CT molecular complexity index is 445. The topological polar surface area (TPSA) is 20.3 Å². The highest BCUT2D eigenvalue weighted by molar-refractivity contribution is 14.1. The molecule has 0 heterocycles. The maximum absolute atomic E-state index is 12.2. The van der Waals surface area contributed by atoms with Crippen LogP contribution in [0.15, 0.2) is 30.4 Å². The maximum atomic E-state index is 12.2. The van der Waals surface area contributed by atoms with Gasteiger partial charge in [-0.05, 0) is 54.6 Å². The molecule has 1 rings (SSSR count). The van der Waals surface area contributed by atoms with Gasteiger partial charge in [-0.1, -0.05) is 23.8 Å². The number of carbonyl (C=O) groups excluding carboxylic acids is 1. The zero-order valence-corrected chi connectivity index (χ0v) is 12.9. The molecule has 0 aliphatic heterocycles. The predicted molar refractivity (Wildman–Crippen MR) is 80.6 cm³/mol. The fourth-order valence-corrected chi connectivity index (χ4v) is 1.98. The Labute approximate surface area is 121 Å². The quantitative estimate of drug-likeness (QED) is 0.585. The van der Waals surface area contributed by atoms with E-state index in [-0.39, 0.29) is 5.91 Å². The molecular formula is C13H15ClINO. The van der Waals surface area contributed by atoms with Gasteiger partial charge >= 0.3 is 0 Å². The molecule has 0 atom stereocenters. The van der Waals surface area contributed by atoms with Crippen LogP contribution in [0.2, 0.25) is 5.02 Å². The number of hydrogen-bond donors (Lipinski definition) is 0. The fraction of sp³-hybridized carbons (Fsp3) is 0.308. The molecule has 0 fully saturated rings. The molecule has 1 aromatic carbocycles. The van der Waals surface area contributed by atoms with Crippen LogP contribution in [0.4, 0.5) is 0 Å². The Kier molecular flexibility index (Phi) is 5.46. The second-order valence-corrected chi connectivity index (χ2v) is 5.47. The summed E-state index contributed by atoms with van der Waals surface area (Å²) in [5.74, 6) is -0.00574. The first-order chi connectivity index (χ1) is 7.95. The molecule has 1 aromatic rings. The molecule has 0 saturated carbocycles. The number of halogens is 2. The first kappa shape index (κ1) is 14.5. The number of likely N-dealkylation sites (N-methyl/N-ethyl adjacent to an activating group) is 1. The number of hydrogen-bond acceptors (Lipinski definition) is 1. The van der Waals surface area contributed by atoms with E-state index in [1.807, 2.05) is 19.9 Å². The van der Waals surface area contributed by atoms with Gasteiger partial charge in [-0.25, -0.2) is 0 Å². The minimum atomic E-state index is -0.00574. The van der Waals surface area contributed by atoms with E-state index < -0.39 is 0 Å². The van der Waals surface area contributed by atoms with Crippen molar-refractivity contribution < 1.29 is 4.79 Å². The summed E-state index contributed by atoms with van der Waals surface area (Å²) < 4.78 is 0.948. The summed E-state index contributed by atoms with van der Waals surface area (Å²) in [6, 6.07) is 5.37. The molecule has 0 aromatic heterocycles. The Balaban J connectivity index is 2.93. The number of benzene rings is 1. The molecule has 0 unspecified atom stereocenters. The van der Waals surface area contributed by atoms with E-state index in [1.165, 1.54) is 0 Å². The summed E-state index contributed by atoms with van der Waals surface area (Å²) in [5, 5.41) is 0.614. The number of nitrogens with zero attached hydrogens (tertiary/aromatic N) is 1. The second kappa shape index (κ2) is 6.40. The molecule has 2 nitrogen and oxygen atoms in total. The van der Waals surface area contributed by atoms with E-state index >= 15 is 0 Å². The van der Waals surface area contributed by atoms with Crippen LogP contribution in [0.3, 0.4) is 0 Å². The van der Waals surface area contributed by atoms with E-state index in [0.717, 1.165) is 9.14 Å². The summed E-state index contributed by atoms with van der Waals surface area (Å²) >= 11 is 8.16. The van der Waals surface area contributed by atoms with Crippen LogP contribution in [-0.2, 0) is 0 Å². The molecule has 0 saturated heterocycles. The average Bonchev–Trinajstić information content (AvgIpc) is 2.28. The fourth-order valence-electron chi connectivity index (χ4n) is 1.46. The van der Waals surface area contributed by atoms with Crippen LogP contribution in [-0.4, -0.2) is 23.9 Å². The summed E-state index contributed by atoms with van der Waals surface area (Å²) in [4.78, 5) is 13.9. The Morgan fingerprint density at radius 2 is 2.18 bits per heavy atom. The van der Waals surface area contributed by atoms with Crippen molar-refractivity contribution in [1.29, 1.82) is 0 Å². The van der Waals surface area contributed by atoms with Gasteiger partial charge in [-0.3, -0.25) is 4.79 Å². The Morgan fingerprint density at radius 1 is 1.53 bits per heavy atom. The first-order valence-corrected chi connectivity index (χ1v) is 6.80. The molecule has 1 amide bonds. The van der Waals surface area contributed by atoms with Gasteiger partial charge in [-0.15, -0.1) is 0 Å². The molecular weight excluding hydrogens is 349 g/mol. The third-order valence-electron chi connectivity index (χ3n) is 2.30. The van der Waals surface area contributed by atoms with E-state index in [4.69, 9.17) is 11.6 Å². The van der Waals surface area contributed by atoms with Crippen LogP contribution in [0.25, 0.3) is 0 Å². The highest BCUT2D eigenvalue weighted by Crippen LogP contribution is 2.20. The molecule has 0 radical (unpaired) electrons. The molecule has 17 heavy (non-hydrogen) atoms. The van der Waals surface area contributed by atoms with Gasteiger partial charge in [0.2, 0.25) is 0 Å². The highest BCUT2D eigenvalue weighted by Gasteiger charge is 2.14. The predicted octanol–water partition coefficient (Wildman–Crippen LogP) is 3.98. The Hall–Kier alpha value is -0.550. The molecule has 0 spiro atoms. The van der Waals surface area contributed by atoms with Crippen molar-refractivity contribution in [3.63, 3.8) is 0 Å². The van der Waals surface area contributed by atoms with Crippen molar-refractivity contribution in [3.05, 3.63) is 44.5 Å². The minimum absolute atomic E-state index is 0.00574. The summed E-state index contributed by atoms with van der Waals surface area (Å²) in [5.41, 5.74) is 1.59. The molecule has 0 aliphatic rings. The van der Waals surface area contributed by atoms with E-state index in [0.29, 0.717) is 23.7 Å². The van der Waals surface area contributed by atoms with Crippen LogP contribution >= 0.6 is 34.2 Å². The summed E-state index contributed by atoms with van der Waals surface area (Å²) in [7, 11) is 0. The Morgan fingerprint density at radius 3 is 2.65 bits per heavy atom. The zero-order chi connectivity index (χ0) is 13.0. The van der Waals surface area contributed by atoms with Gasteiger partial charge in [0.25, 0.3) is 5.91 Å². The van der Waals surface area contributed by atoms with Crippen molar-refractivity contribution in [1.82, 2.24) is 4.90 Å². The van der Waals surface area contributed by atoms with Gasteiger partial charge in [0, 0.05) is 22.2 Å². The monoisotopic (exact) mass is 363 g/mol. The molecule has 0 N–H and O–H groups in total. The molecule has 0 bridgehead atoms. The van der Waals surface area contributed by atoms with Crippen LogP contribution in [0.1, 0.15) is 24.2 Å². The van der Waals surface area contributed by atoms with Crippen LogP contribution in [0.5, 0.6) is 0 Å². The largest absolute Gasteiger partial charge is 0.335 e. The van der Waals surface area contributed by atoms with E-state index in [9.17, 15) is 4.79 Å². The SMILES string of the molecule is C=C(C)CN(CC)C(=O)c1ccc(I)c(Cl)c1. The lowest BCUT2D eigenvalue weighted by atomic mass is 10.2. The van der Waals surface area contributed by atoms with Crippen molar-refractivity contribution >= 4 is 40.1 Å². The number of amides is 1. The normalized spacial score (nSPS) is 10.1. The standard InChI is InChI=1S/C13H15ClINO/c1-4-16(8-9(2)3)13(17)10-5-6-12(15)11(14)7-10/h5-7H,2,4,8H2,1,3H3. The smallest absolute Gasteiger partial charge is 0.254 e. The van der Waals surface area contributed by atoms with Crippen molar-refractivity contribution in [2.24, 2.45) is 0 Å². The third kappa shape index (κ3) is 4.00. The lowest BCUT2D eigenvalue weighted by Gasteiger charge is -2.21. The second-order valence-electron chi connectivity index (χ2n) is 3.91. The molecule has 92 valence electrons. The number of rotatable bonds is 4. The average molecular weight is 364 g/mol. The van der Waals surface area contributed by atoms with Gasteiger partial charge in [0.15, 0.2) is 0 Å². The highest BCUT2D eigenvalue weighted by atomic mass is 127.